The number of anilines is 1. The zero-order chi connectivity index (χ0) is 18.8. The molecule has 3 aliphatic heterocycles. The topological polar surface area (TPSA) is 90.0 Å². The van der Waals surface area contributed by atoms with E-state index in [9.17, 15) is 4.79 Å². The SMILES string of the molecule is CCNc1ncc(C(=O)N2C[C@@H]3CC[C@H]2CN(Cc2nc[nH]c2C)C3)cn1. The summed E-state index contributed by atoms with van der Waals surface area (Å²) < 4.78 is 0. The van der Waals surface area contributed by atoms with Crippen LogP contribution in [0.15, 0.2) is 18.7 Å². The van der Waals surface area contributed by atoms with Crippen molar-refractivity contribution in [3.05, 3.63) is 35.7 Å². The van der Waals surface area contributed by atoms with Gasteiger partial charge in [-0.15, -0.1) is 0 Å². The van der Waals surface area contributed by atoms with Crippen molar-refractivity contribution in [3.63, 3.8) is 0 Å². The Morgan fingerprint density at radius 1 is 1.22 bits per heavy atom. The number of hydrogen-bond donors (Lipinski definition) is 2. The van der Waals surface area contributed by atoms with Crippen LogP contribution in [0.3, 0.4) is 0 Å². The molecule has 0 radical (unpaired) electrons. The number of hydrogen-bond acceptors (Lipinski definition) is 6. The molecule has 5 rings (SSSR count). The Morgan fingerprint density at radius 3 is 2.74 bits per heavy atom. The number of carbonyl (C=O) groups excluding carboxylic acids is 1. The van der Waals surface area contributed by atoms with Crippen molar-refractivity contribution in [2.45, 2.75) is 39.3 Å². The highest BCUT2D eigenvalue weighted by Crippen LogP contribution is 2.30. The first-order chi connectivity index (χ1) is 13.1. The van der Waals surface area contributed by atoms with Crippen LogP contribution in [0.25, 0.3) is 0 Å². The molecular formula is C19H27N7O. The predicted molar refractivity (Wildman–Crippen MR) is 102 cm³/mol. The zero-order valence-electron chi connectivity index (χ0n) is 16.0. The molecule has 3 fully saturated rings. The van der Waals surface area contributed by atoms with Gasteiger partial charge in [0.25, 0.3) is 5.91 Å². The molecule has 2 aromatic rings. The monoisotopic (exact) mass is 369 g/mol. The average molecular weight is 369 g/mol. The molecule has 5 heterocycles. The summed E-state index contributed by atoms with van der Waals surface area (Å²) >= 11 is 0. The molecule has 27 heavy (non-hydrogen) atoms. The van der Waals surface area contributed by atoms with Crippen LogP contribution in [0.1, 0.15) is 41.5 Å². The number of fused-ring (bicyclic) bond motifs is 4. The second kappa shape index (κ2) is 7.64. The number of amides is 1. The molecule has 2 N–H and O–H groups in total. The van der Waals surface area contributed by atoms with Crippen molar-refractivity contribution in [2.75, 3.05) is 31.5 Å². The van der Waals surface area contributed by atoms with Crippen molar-refractivity contribution in [1.29, 1.82) is 0 Å². The Balaban J connectivity index is 1.46. The van der Waals surface area contributed by atoms with Crippen LogP contribution in [-0.2, 0) is 6.54 Å². The molecule has 8 heteroatoms. The van der Waals surface area contributed by atoms with Gasteiger partial charge in [0, 0.05) is 56.9 Å². The first-order valence-electron chi connectivity index (χ1n) is 9.72. The number of rotatable bonds is 5. The second-order valence-electron chi connectivity index (χ2n) is 7.55. The third-order valence-electron chi connectivity index (χ3n) is 5.59. The molecule has 0 unspecified atom stereocenters. The van der Waals surface area contributed by atoms with E-state index in [0.29, 0.717) is 17.4 Å². The van der Waals surface area contributed by atoms with E-state index in [1.807, 2.05) is 11.8 Å². The first-order valence-corrected chi connectivity index (χ1v) is 9.72. The van der Waals surface area contributed by atoms with Crippen LogP contribution in [0.5, 0.6) is 0 Å². The molecule has 3 aliphatic rings. The van der Waals surface area contributed by atoms with Gasteiger partial charge in [-0.25, -0.2) is 15.0 Å². The fourth-order valence-electron chi connectivity index (χ4n) is 4.17. The smallest absolute Gasteiger partial charge is 0.257 e. The first kappa shape index (κ1) is 17.9. The third kappa shape index (κ3) is 3.80. The standard InChI is InChI=1S/C19H27N7O/c1-3-20-19-21-6-15(7-22-19)18(27)26-9-14-4-5-16(26)10-25(8-14)11-17-13(2)23-12-24-17/h6-7,12,14,16H,3-5,8-11H2,1-2H3,(H,23,24)(H,20,21,22)/t14-,16+/m1/s1. The second-order valence-corrected chi connectivity index (χ2v) is 7.55. The maximum atomic E-state index is 13.1. The summed E-state index contributed by atoms with van der Waals surface area (Å²) in [5.41, 5.74) is 2.79. The number of piperidine rings is 1. The highest BCUT2D eigenvalue weighted by molar-refractivity contribution is 5.94. The van der Waals surface area contributed by atoms with Gasteiger partial charge < -0.3 is 15.2 Å². The van der Waals surface area contributed by atoms with Crippen molar-refractivity contribution >= 4 is 11.9 Å². The number of aromatic nitrogens is 4. The number of H-pyrrole nitrogens is 1. The molecule has 0 aromatic carbocycles. The zero-order valence-corrected chi connectivity index (χ0v) is 16.0. The lowest BCUT2D eigenvalue weighted by atomic mass is 9.94. The Hall–Kier alpha value is -2.48. The highest BCUT2D eigenvalue weighted by atomic mass is 16.2. The Morgan fingerprint density at radius 2 is 2.04 bits per heavy atom. The van der Waals surface area contributed by atoms with Crippen LogP contribution in [0.4, 0.5) is 5.95 Å². The van der Waals surface area contributed by atoms with Gasteiger partial charge in [-0.1, -0.05) is 0 Å². The Bertz CT molecular complexity index is 788. The Labute approximate surface area is 159 Å². The number of nitrogens with one attached hydrogen (secondary N) is 2. The van der Waals surface area contributed by atoms with Gasteiger partial charge in [0.2, 0.25) is 5.95 Å². The summed E-state index contributed by atoms with van der Waals surface area (Å²) in [4.78, 5) is 33.7. The molecule has 1 amide bonds. The minimum absolute atomic E-state index is 0.0468. The van der Waals surface area contributed by atoms with E-state index in [1.54, 1.807) is 18.7 Å². The van der Waals surface area contributed by atoms with Crippen LogP contribution in [0.2, 0.25) is 0 Å². The largest absolute Gasteiger partial charge is 0.355 e. The van der Waals surface area contributed by atoms with Gasteiger partial charge >= 0.3 is 0 Å². The van der Waals surface area contributed by atoms with E-state index in [0.717, 1.165) is 50.5 Å². The molecule has 2 aromatic heterocycles. The van der Waals surface area contributed by atoms with Gasteiger partial charge in [0.05, 0.1) is 17.6 Å². The summed E-state index contributed by atoms with van der Waals surface area (Å²) in [6, 6.07) is 0.240. The van der Waals surface area contributed by atoms with Crippen molar-refractivity contribution in [2.24, 2.45) is 5.92 Å². The molecule has 2 bridgehead atoms. The minimum atomic E-state index is 0.0468. The fraction of sp³-hybridized carbons (Fsp3) is 0.579. The summed E-state index contributed by atoms with van der Waals surface area (Å²) in [7, 11) is 0. The molecule has 3 saturated heterocycles. The lowest BCUT2D eigenvalue weighted by Gasteiger charge is -2.36. The lowest BCUT2D eigenvalue weighted by molar-refractivity contribution is 0.0584. The third-order valence-corrected chi connectivity index (χ3v) is 5.59. The predicted octanol–water partition coefficient (Wildman–Crippen LogP) is 1.68. The van der Waals surface area contributed by atoms with E-state index >= 15 is 0 Å². The van der Waals surface area contributed by atoms with Crippen LogP contribution in [0, 0.1) is 12.8 Å². The van der Waals surface area contributed by atoms with Gasteiger partial charge in [-0.2, -0.15) is 0 Å². The average Bonchev–Trinajstić information content (AvgIpc) is 2.89. The number of aromatic amines is 1. The lowest BCUT2D eigenvalue weighted by Crippen LogP contribution is -2.47. The van der Waals surface area contributed by atoms with E-state index in [1.165, 1.54) is 6.42 Å². The Kier molecular flexibility index (Phi) is 5.07. The van der Waals surface area contributed by atoms with Crippen LogP contribution < -0.4 is 5.32 Å². The molecule has 0 spiro atoms. The van der Waals surface area contributed by atoms with Crippen molar-refractivity contribution in [1.82, 2.24) is 29.7 Å². The molecule has 144 valence electrons. The molecule has 2 atom stereocenters. The maximum absolute atomic E-state index is 13.1. The summed E-state index contributed by atoms with van der Waals surface area (Å²) in [6.45, 7) is 8.37. The van der Waals surface area contributed by atoms with Crippen LogP contribution >= 0.6 is 0 Å². The van der Waals surface area contributed by atoms with Gasteiger partial charge in [-0.3, -0.25) is 9.69 Å². The fourth-order valence-corrected chi connectivity index (χ4v) is 4.17. The normalized spacial score (nSPS) is 22.7. The van der Waals surface area contributed by atoms with Crippen molar-refractivity contribution in [3.8, 4) is 0 Å². The minimum Gasteiger partial charge on any atom is -0.355 e. The van der Waals surface area contributed by atoms with E-state index in [2.05, 4.69) is 37.1 Å². The van der Waals surface area contributed by atoms with Gasteiger partial charge in [0.1, 0.15) is 0 Å². The van der Waals surface area contributed by atoms with Crippen LogP contribution in [-0.4, -0.2) is 67.9 Å². The van der Waals surface area contributed by atoms with Crippen molar-refractivity contribution < 1.29 is 4.79 Å². The summed E-state index contributed by atoms with van der Waals surface area (Å²) in [6.07, 6.45) is 7.26. The number of nitrogens with zero attached hydrogens (tertiary/aromatic N) is 5. The quantitative estimate of drug-likeness (QED) is 0.833. The maximum Gasteiger partial charge on any atom is 0.257 e. The summed E-state index contributed by atoms with van der Waals surface area (Å²) in [5.74, 6) is 1.12. The summed E-state index contributed by atoms with van der Waals surface area (Å²) in [5, 5.41) is 3.06. The number of aryl methyl sites for hydroxylation is 1. The van der Waals surface area contributed by atoms with E-state index in [-0.39, 0.29) is 11.9 Å². The molecular weight excluding hydrogens is 342 g/mol. The van der Waals surface area contributed by atoms with E-state index in [4.69, 9.17) is 0 Å². The molecule has 0 aliphatic carbocycles. The number of imidazole rings is 1. The van der Waals surface area contributed by atoms with E-state index < -0.39 is 0 Å². The highest BCUT2D eigenvalue weighted by Gasteiger charge is 2.37. The van der Waals surface area contributed by atoms with Gasteiger partial charge in [-0.05, 0) is 32.6 Å². The molecule has 8 nitrogen and oxygen atoms in total. The molecule has 0 saturated carbocycles. The number of carbonyl (C=O) groups is 1. The van der Waals surface area contributed by atoms with Gasteiger partial charge in [0.15, 0.2) is 0 Å².